The molecular weight excluding hydrogens is 140 g/mol. The van der Waals surface area contributed by atoms with Gasteiger partial charge in [0.25, 0.3) is 0 Å². The summed E-state index contributed by atoms with van der Waals surface area (Å²) in [6.07, 6.45) is 2.47. The molecule has 0 aromatic rings. The number of hydrogen-bond acceptors (Lipinski definition) is 2. The molecule has 0 amide bonds. The van der Waals surface area contributed by atoms with Crippen LogP contribution in [0.15, 0.2) is 12.7 Å². The van der Waals surface area contributed by atoms with Crippen molar-refractivity contribution in [2.75, 3.05) is 13.2 Å². The first-order valence-corrected chi connectivity index (χ1v) is 3.96. The zero-order valence-electron chi connectivity index (χ0n) is 7.38. The van der Waals surface area contributed by atoms with E-state index in [1.165, 1.54) is 0 Å². The molecule has 0 aliphatic carbocycles. The molecule has 2 unspecified atom stereocenters. The topological polar surface area (TPSA) is 40.5 Å². The second-order valence-electron chi connectivity index (χ2n) is 3.28. The zero-order chi connectivity index (χ0) is 8.91. The first-order chi connectivity index (χ1) is 5.10. The quantitative estimate of drug-likeness (QED) is 0.590. The van der Waals surface area contributed by atoms with Crippen LogP contribution < -0.4 is 0 Å². The molecule has 0 aromatic heterocycles. The van der Waals surface area contributed by atoms with Gasteiger partial charge in [-0.2, -0.15) is 0 Å². The van der Waals surface area contributed by atoms with Crippen LogP contribution in [0.1, 0.15) is 20.3 Å². The van der Waals surface area contributed by atoms with E-state index >= 15 is 0 Å². The van der Waals surface area contributed by atoms with Crippen molar-refractivity contribution >= 4 is 0 Å². The maximum absolute atomic E-state index is 9.03. The Balaban J connectivity index is 4.11. The van der Waals surface area contributed by atoms with E-state index in [0.717, 1.165) is 0 Å². The predicted octanol–water partition coefficient (Wildman–Crippen LogP) is 1.19. The molecule has 0 saturated heterocycles. The first kappa shape index (κ1) is 10.7. The molecule has 0 aliphatic rings. The SMILES string of the molecule is C=CC(C)(CO)C(C)CCO. The smallest absolute Gasteiger partial charge is 0.0521 e. The van der Waals surface area contributed by atoms with Gasteiger partial charge in [0.2, 0.25) is 0 Å². The van der Waals surface area contributed by atoms with E-state index in [9.17, 15) is 0 Å². The average Bonchev–Trinajstić information content (AvgIpc) is 2.03. The summed E-state index contributed by atoms with van der Waals surface area (Å²) in [5.41, 5.74) is -0.247. The zero-order valence-corrected chi connectivity index (χ0v) is 7.38. The normalized spacial score (nSPS) is 18.9. The van der Waals surface area contributed by atoms with E-state index in [2.05, 4.69) is 6.58 Å². The van der Waals surface area contributed by atoms with E-state index in [4.69, 9.17) is 10.2 Å². The Kier molecular flexibility index (Phi) is 4.38. The Morgan fingerprint density at radius 3 is 2.36 bits per heavy atom. The Hall–Kier alpha value is -0.340. The van der Waals surface area contributed by atoms with E-state index in [-0.39, 0.29) is 24.5 Å². The molecule has 2 nitrogen and oxygen atoms in total. The van der Waals surface area contributed by atoms with Gasteiger partial charge in [0.15, 0.2) is 0 Å². The van der Waals surface area contributed by atoms with Crippen molar-refractivity contribution in [2.24, 2.45) is 11.3 Å². The lowest BCUT2D eigenvalue weighted by atomic mass is 9.77. The highest BCUT2D eigenvalue weighted by Gasteiger charge is 2.26. The van der Waals surface area contributed by atoms with Crippen LogP contribution in [0.4, 0.5) is 0 Å². The molecule has 0 radical (unpaired) electrons. The lowest BCUT2D eigenvalue weighted by molar-refractivity contribution is 0.113. The van der Waals surface area contributed by atoms with Crippen LogP contribution in [0.5, 0.6) is 0 Å². The van der Waals surface area contributed by atoms with Gasteiger partial charge < -0.3 is 10.2 Å². The summed E-state index contributed by atoms with van der Waals surface area (Å²) in [6, 6.07) is 0. The summed E-state index contributed by atoms with van der Waals surface area (Å²) < 4.78 is 0. The Bertz CT molecular complexity index is 123. The minimum absolute atomic E-state index is 0.0949. The molecule has 0 aliphatic heterocycles. The minimum Gasteiger partial charge on any atom is -0.396 e. The first-order valence-electron chi connectivity index (χ1n) is 3.96. The van der Waals surface area contributed by atoms with Crippen molar-refractivity contribution in [1.82, 2.24) is 0 Å². The Labute approximate surface area is 68.6 Å². The second-order valence-corrected chi connectivity index (χ2v) is 3.28. The van der Waals surface area contributed by atoms with Gasteiger partial charge >= 0.3 is 0 Å². The van der Waals surface area contributed by atoms with Gasteiger partial charge in [-0.25, -0.2) is 0 Å². The van der Waals surface area contributed by atoms with Crippen molar-refractivity contribution in [3.05, 3.63) is 12.7 Å². The lowest BCUT2D eigenvalue weighted by Crippen LogP contribution is -2.27. The van der Waals surface area contributed by atoms with Crippen molar-refractivity contribution < 1.29 is 10.2 Å². The van der Waals surface area contributed by atoms with Gasteiger partial charge in [-0.3, -0.25) is 0 Å². The molecule has 0 heterocycles. The van der Waals surface area contributed by atoms with Crippen LogP contribution in [0, 0.1) is 11.3 Å². The van der Waals surface area contributed by atoms with E-state index in [1.807, 2.05) is 13.8 Å². The highest BCUT2D eigenvalue weighted by atomic mass is 16.3. The highest BCUT2D eigenvalue weighted by molar-refractivity contribution is 4.94. The summed E-state index contributed by atoms with van der Waals surface area (Å²) in [5.74, 6) is 0.273. The fourth-order valence-corrected chi connectivity index (χ4v) is 0.945. The molecule has 2 atom stereocenters. The van der Waals surface area contributed by atoms with Gasteiger partial charge in [0.05, 0.1) is 6.61 Å². The predicted molar refractivity (Wildman–Crippen MR) is 46.3 cm³/mol. The van der Waals surface area contributed by atoms with Crippen LogP contribution in [0.3, 0.4) is 0 Å². The van der Waals surface area contributed by atoms with E-state index in [0.29, 0.717) is 6.42 Å². The third-order valence-corrected chi connectivity index (χ3v) is 2.49. The summed E-state index contributed by atoms with van der Waals surface area (Å²) in [4.78, 5) is 0. The molecule has 0 rings (SSSR count). The van der Waals surface area contributed by atoms with Crippen LogP contribution in [-0.4, -0.2) is 23.4 Å². The second kappa shape index (κ2) is 4.52. The molecule has 11 heavy (non-hydrogen) atoms. The van der Waals surface area contributed by atoms with E-state index in [1.54, 1.807) is 6.08 Å². The van der Waals surface area contributed by atoms with Gasteiger partial charge in [-0.05, 0) is 12.3 Å². The fourth-order valence-electron chi connectivity index (χ4n) is 0.945. The summed E-state index contributed by atoms with van der Waals surface area (Å²) in [6.45, 7) is 7.88. The van der Waals surface area contributed by atoms with Gasteiger partial charge in [-0.1, -0.05) is 19.9 Å². The molecular formula is C9H18O2. The third-order valence-electron chi connectivity index (χ3n) is 2.49. The molecule has 2 N–H and O–H groups in total. The molecule has 0 bridgehead atoms. The molecule has 2 heteroatoms. The van der Waals surface area contributed by atoms with Crippen molar-refractivity contribution in [2.45, 2.75) is 20.3 Å². The van der Waals surface area contributed by atoms with Gasteiger partial charge in [-0.15, -0.1) is 6.58 Å². The molecule has 0 spiro atoms. The lowest BCUT2D eigenvalue weighted by Gasteiger charge is -2.30. The monoisotopic (exact) mass is 158 g/mol. The van der Waals surface area contributed by atoms with Crippen LogP contribution >= 0.6 is 0 Å². The highest BCUT2D eigenvalue weighted by Crippen LogP contribution is 2.29. The van der Waals surface area contributed by atoms with Crippen LogP contribution in [0.25, 0.3) is 0 Å². The van der Waals surface area contributed by atoms with Crippen molar-refractivity contribution in [3.8, 4) is 0 Å². The number of rotatable bonds is 5. The minimum atomic E-state index is -0.247. The summed E-state index contributed by atoms with van der Waals surface area (Å²) in [7, 11) is 0. The Morgan fingerprint density at radius 2 is 2.09 bits per heavy atom. The average molecular weight is 158 g/mol. The van der Waals surface area contributed by atoms with Crippen LogP contribution in [-0.2, 0) is 0 Å². The maximum Gasteiger partial charge on any atom is 0.0521 e. The molecule has 66 valence electrons. The summed E-state index contributed by atoms with van der Waals surface area (Å²) >= 11 is 0. The maximum atomic E-state index is 9.03. The van der Waals surface area contributed by atoms with E-state index < -0.39 is 0 Å². The number of hydrogen-bond donors (Lipinski definition) is 2. The standard InChI is InChI=1S/C9H18O2/c1-4-9(3,7-11)8(2)5-6-10/h4,8,10-11H,1,5-7H2,2-3H3. The molecule has 0 fully saturated rings. The summed E-state index contributed by atoms with van der Waals surface area (Å²) in [5, 5.41) is 17.7. The van der Waals surface area contributed by atoms with Crippen LogP contribution in [0.2, 0.25) is 0 Å². The fraction of sp³-hybridized carbons (Fsp3) is 0.778. The largest absolute Gasteiger partial charge is 0.396 e. The number of aliphatic hydroxyl groups excluding tert-OH is 2. The Morgan fingerprint density at radius 1 is 1.55 bits per heavy atom. The molecule has 0 aromatic carbocycles. The number of aliphatic hydroxyl groups is 2. The van der Waals surface area contributed by atoms with Crippen molar-refractivity contribution in [3.63, 3.8) is 0 Å². The van der Waals surface area contributed by atoms with Crippen molar-refractivity contribution in [1.29, 1.82) is 0 Å². The third kappa shape index (κ3) is 2.64. The molecule has 0 saturated carbocycles. The van der Waals surface area contributed by atoms with Gasteiger partial charge in [0, 0.05) is 12.0 Å². The van der Waals surface area contributed by atoms with Gasteiger partial charge in [0.1, 0.15) is 0 Å².